The highest BCUT2D eigenvalue weighted by atomic mass is 19.4. The molecule has 1 aromatic carbocycles. The molecule has 0 saturated carbocycles. The average molecular weight is 322 g/mol. The first-order valence-corrected chi connectivity index (χ1v) is 6.58. The van der Waals surface area contributed by atoms with Crippen LogP contribution in [0.15, 0.2) is 53.9 Å². The van der Waals surface area contributed by atoms with E-state index in [2.05, 4.69) is 20.8 Å². The lowest BCUT2D eigenvalue weighted by atomic mass is 10.2. The Morgan fingerprint density at radius 3 is 2.65 bits per heavy atom. The quantitative estimate of drug-likeness (QED) is 0.657. The van der Waals surface area contributed by atoms with Gasteiger partial charge in [-0.15, -0.1) is 0 Å². The lowest BCUT2D eigenvalue weighted by Gasteiger charge is -2.09. The molecule has 2 aromatic rings. The SMILES string of the molecule is O=C(CNc1cccc(C(F)(F)F)c1)N/N=C/c1ccncc1. The van der Waals surface area contributed by atoms with Crippen molar-refractivity contribution in [1.29, 1.82) is 0 Å². The summed E-state index contributed by atoms with van der Waals surface area (Å²) >= 11 is 0. The molecule has 0 aliphatic carbocycles. The van der Waals surface area contributed by atoms with Crippen molar-refractivity contribution in [2.24, 2.45) is 5.10 Å². The van der Waals surface area contributed by atoms with Gasteiger partial charge in [-0.3, -0.25) is 9.78 Å². The molecule has 8 heteroatoms. The van der Waals surface area contributed by atoms with Gasteiger partial charge in [0.2, 0.25) is 0 Å². The third-order valence-electron chi connectivity index (χ3n) is 2.75. The topological polar surface area (TPSA) is 66.4 Å². The molecule has 0 radical (unpaired) electrons. The van der Waals surface area contributed by atoms with E-state index in [0.717, 1.165) is 17.7 Å². The molecule has 0 spiro atoms. The van der Waals surface area contributed by atoms with Gasteiger partial charge >= 0.3 is 6.18 Å². The van der Waals surface area contributed by atoms with Crippen molar-refractivity contribution in [2.75, 3.05) is 11.9 Å². The van der Waals surface area contributed by atoms with Crippen molar-refractivity contribution in [3.63, 3.8) is 0 Å². The maximum atomic E-state index is 12.6. The number of benzene rings is 1. The van der Waals surface area contributed by atoms with Gasteiger partial charge in [-0.1, -0.05) is 6.07 Å². The molecule has 0 unspecified atom stereocenters. The van der Waals surface area contributed by atoms with Gasteiger partial charge in [0.1, 0.15) is 0 Å². The second-order valence-electron chi connectivity index (χ2n) is 4.51. The molecule has 0 atom stereocenters. The predicted octanol–water partition coefficient (Wildman–Crippen LogP) is 2.66. The number of alkyl halides is 3. The Balaban J connectivity index is 1.84. The maximum Gasteiger partial charge on any atom is 0.416 e. The predicted molar refractivity (Wildman–Crippen MR) is 79.9 cm³/mol. The molecular formula is C15H13F3N4O. The molecule has 1 aromatic heterocycles. The number of amides is 1. The Bertz CT molecular complexity index is 687. The van der Waals surface area contributed by atoms with E-state index in [0.29, 0.717) is 0 Å². The lowest BCUT2D eigenvalue weighted by molar-refractivity contribution is -0.137. The normalized spacial score (nSPS) is 11.4. The molecule has 2 N–H and O–H groups in total. The minimum atomic E-state index is -4.42. The zero-order valence-corrected chi connectivity index (χ0v) is 11.8. The van der Waals surface area contributed by atoms with Crippen LogP contribution in [0.5, 0.6) is 0 Å². The number of anilines is 1. The first-order chi connectivity index (χ1) is 10.9. The highest BCUT2D eigenvalue weighted by Crippen LogP contribution is 2.30. The summed E-state index contributed by atoms with van der Waals surface area (Å²) in [5.41, 5.74) is 2.45. The Hall–Kier alpha value is -2.90. The van der Waals surface area contributed by atoms with Crippen LogP contribution in [0.2, 0.25) is 0 Å². The molecule has 0 aliphatic heterocycles. The number of carbonyl (C=O) groups excluding carboxylic acids is 1. The fraction of sp³-hybridized carbons (Fsp3) is 0.133. The van der Waals surface area contributed by atoms with Gasteiger partial charge in [0.05, 0.1) is 18.3 Å². The van der Waals surface area contributed by atoms with Gasteiger partial charge in [0.25, 0.3) is 5.91 Å². The van der Waals surface area contributed by atoms with Gasteiger partial charge in [0, 0.05) is 18.1 Å². The van der Waals surface area contributed by atoms with E-state index in [9.17, 15) is 18.0 Å². The first-order valence-electron chi connectivity index (χ1n) is 6.58. The largest absolute Gasteiger partial charge is 0.416 e. The van der Waals surface area contributed by atoms with E-state index in [1.165, 1.54) is 18.3 Å². The van der Waals surface area contributed by atoms with Crippen LogP contribution in [0.3, 0.4) is 0 Å². The second-order valence-corrected chi connectivity index (χ2v) is 4.51. The van der Waals surface area contributed by atoms with Crippen LogP contribution in [0.1, 0.15) is 11.1 Å². The van der Waals surface area contributed by atoms with Gasteiger partial charge in [-0.05, 0) is 35.9 Å². The molecule has 23 heavy (non-hydrogen) atoms. The summed E-state index contributed by atoms with van der Waals surface area (Å²) in [4.78, 5) is 15.4. The summed E-state index contributed by atoms with van der Waals surface area (Å²) in [7, 11) is 0. The lowest BCUT2D eigenvalue weighted by Crippen LogP contribution is -2.26. The first kappa shape index (κ1) is 16.5. The monoisotopic (exact) mass is 322 g/mol. The minimum Gasteiger partial charge on any atom is -0.376 e. The van der Waals surface area contributed by atoms with E-state index in [4.69, 9.17) is 0 Å². The molecule has 0 saturated heterocycles. The van der Waals surface area contributed by atoms with E-state index in [-0.39, 0.29) is 12.2 Å². The van der Waals surface area contributed by atoms with E-state index >= 15 is 0 Å². The summed E-state index contributed by atoms with van der Waals surface area (Å²) in [6, 6.07) is 8.03. The van der Waals surface area contributed by atoms with Crippen LogP contribution in [0.4, 0.5) is 18.9 Å². The van der Waals surface area contributed by atoms with Crippen molar-refractivity contribution >= 4 is 17.8 Å². The van der Waals surface area contributed by atoms with Crippen molar-refractivity contribution in [2.45, 2.75) is 6.18 Å². The minimum absolute atomic E-state index is 0.199. The van der Waals surface area contributed by atoms with Crippen molar-refractivity contribution in [1.82, 2.24) is 10.4 Å². The molecule has 120 valence electrons. The van der Waals surface area contributed by atoms with Crippen LogP contribution in [0.25, 0.3) is 0 Å². The summed E-state index contributed by atoms with van der Waals surface area (Å²) in [5.74, 6) is -0.479. The number of halogens is 3. The van der Waals surface area contributed by atoms with Gasteiger partial charge < -0.3 is 5.32 Å². The zero-order chi connectivity index (χ0) is 16.7. The van der Waals surface area contributed by atoms with Crippen LogP contribution >= 0.6 is 0 Å². The summed E-state index contributed by atoms with van der Waals surface area (Å²) in [6.07, 6.45) is 0.176. The smallest absolute Gasteiger partial charge is 0.376 e. The van der Waals surface area contributed by atoms with E-state index in [1.807, 2.05) is 0 Å². The summed E-state index contributed by atoms with van der Waals surface area (Å²) in [6.45, 7) is -0.199. The molecule has 5 nitrogen and oxygen atoms in total. The summed E-state index contributed by atoms with van der Waals surface area (Å²) < 4.78 is 37.7. The van der Waals surface area contributed by atoms with Crippen LogP contribution in [-0.2, 0) is 11.0 Å². The van der Waals surface area contributed by atoms with Gasteiger partial charge in [-0.25, -0.2) is 5.43 Å². The molecule has 1 heterocycles. The Labute approximate surface area is 130 Å². The molecule has 0 aliphatic rings. The number of nitrogens with zero attached hydrogens (tertiary/aromatic N) is 2. The number of hydrogen-bond donors (Lipinski definition) is 2. The third kappa shape index (κ3) is 5.42. The highest BCUT2D eigenvalue weighted by molar-refractivity contribution is 5.84. The number of nitrogens with one attached hydrogen (secondary N) is 2. The molecule has 1 amide bonds. The van der Waals surface area contributed by atoms with Crippen molar-refractivity contribution in [3.05, 3.63) is 59.9 Å². The third-order valence-corrected chi connectivity index (χ3v) is 2.75. The molecule has 0 fully saturated rings. The molecule has 0 bridgehead atoms. The standard InChI is InChI=1S/C15H13F3N4O/c16-15(17,18)12-2-1-3-13(8-12)20-10-14(23)22-21-9-11-4-6-19-7-5-11/h1-9,20H,10H2,(H,22,23)/b21-9+. The number of aromatic nitrogens is 1. The van der Waals surface area contributed by atoms with Crippen LogP contribution in [-0.4, -0.2) is 23.7 Å². The second kappa shape index (κ2) is 7.39. The zero-order valence-electron chi connectivity index (χ0n) is 11.8. The number of carbonyl (C=O) groups is 1. The van der Waals surface area contributed by atoms with E-state index in [1.54, 1.807) is 24.5 Å². The van der Waals surface area contributed by atoms with Crippen molar-refractivity contribution in [3.8, 4) is 0 Å². The van der Waals surface area contributed by atoms with Gasteiger partial charge in [-0.2, -0.15) is 18.3 Å². The van der Waals surface area contributed by atoms with Gasteiger partial charge in [0.15, 0.2) is 0 Å². The number of rotatable bonds is 5. The Morgan fingerprint density at radius 1 is 1.22 bits per heavy atom. The van der Waals surface area contributed by atoms with Crippen molar-refractivity contribution < 1.29 is 18.0 Å². The molecular weight excluding hydrogens is 309 g/mol. The van der Waals surface area contributed by atoms with E-state index < -0.39 is 17.6 Å². The fourth-order valence-electron chi connectivity index (χ4n) is 1.66. The number of pyridine rings is 1. The number of hydrogen-bond acceptors (Lipinski definition) is 4. The maximum absolute atomic E-state index is 12.6. The summed E-state index contributed by atoms with van der Waals surface area (Å²) in [5, 5.41) is 6.35. The number of hydrazone groups is 1. The molecule has 2 rings (SSSR count). The Kier molecular flexibility index (Phi) is 5.29. The van der Waals surface area contributed by atoms with Crippen LogP contribution < -0.4 is 10.7 Å². The average Bonchev–Trinajstić information content (AvgIpc) is 2.53. The van der Waals surface area contributed by atoms with Crippen LogP contribution in [0, 0.1) is 0 Å². The Morgan fingerprint density at radius 2 is 1.96 bits per heavy atom. The fourth-order valence-corrected chi connectivity index (χ4v) is 1.66. The highest BCUT2D eigenvalue weighted by Gasteiger charge is 2.30.